The second-order valence-electron chi connectivity index (χ2n) is 4.33. The largest absolute Gasteiger partial charge is 0.329 e. The van der Waals surface area contributed by atoms with Crippen molar-refractivity contribution in [3.63, 3.8) is 0 Å². The standard InChI is InChI=1S/C13H19N3O/c1-15-9-10-2-4-12-11(8-10)3-5-13(17)16(12)7-6-14/h2,4,8,15H,3,5-7,9,14H2,1H3. The van der Waals surface area contributed by atoms with E-state index in [-0.39, 0.29) is 5.91 Å². The zero-order valence-electron chi connectivity index (χ0n) is 10.2. The van der Waals surface area contributed by atoms with Crippen molar-refractivity contribution in [1.82, 2.24) is 5.32 Å². The van der Waals surface area contributed by atoms with E-state index in [0.29, 0.717) is 19.5 Å². The maximum atomic E-state index is 11.8. The van der Waals surface area contributed by atoms with Gasteiger partial charge in [0, 0.05) is 31.7 Å². The molecule has 4 heteroatoms. The number of aryl methyl sites for hydroxylation is 1. The van der Waals surface area contributed by atoms with Crippen molar-refractivity contribution in [3.8, 4) is 0 Å². The lowest BCUT2D eigenvalue weighted by atomic mass is 9.98. The molecule has 1 amide bonds. The van der Waals surface area contributed by atoms with Crippen LogP contribution in [0.25, 0.3) is 0 Å². The summed E-state index contributed by atoms with van der Waals surface area (Å²) in [5.41, 5.74) is 9.10. The molecule has 0 spiro atoms. The highest BCUT2D eigenvalue weighted by molar-refractivity contribution is 5.96. The van der Waals surface area contributed by atoms with Gasteiger partial charge >= 0.3 is 0 Å². The van der Waals surface area contributed by atoms with Crippen LogP contribution in [-0.4, -0.2) is 26.0 Å². The maximum Gasteiger partial charge on any atom is 0.227 e. The molecule has 1 aromatic rings. The van der Waals surface area contributed by atoms with Gasteiger partial charge in [-0.15, -0.1) is 0 Å². The summed E-state index contributed by atoms with van der Waals surface area (Å²) in [5.74, 6) is 0.185. The van der Waals surface area contributed by atoms with E-state index in [9.17, 15) is 4.79 Å². The molecule has 0 unspecified atom stereocenters. The van der Waals surface area contributed by atoms with E-state index < -0.39 is 0 Å². The Morgan fingerprint density at radius 1 is 1.41 bits per heavy atom. The van der Waals surface area contributed by atoms with E-state index >= 15 is 0 Å². The SMILES string of the molecule is CNCc1ccc2c(c1)CCC(=O)N2CCN. The first kappa shape index (κ1) is 12.1. The second kappa shape index (κ2) is 5.29. The van der Waals surface area contributed by atoms with Gasteiger partial charge in [-0.05, 0) is 30.7 Å². The molecule has 0 aromatic heterocycles. The molecule has 0 saturated heterocycles. The van der Waals surface area contributed by atoms with Crippen LogP contribution in [0, 0.1) is 0 Å². The number of anilines is 1. The first-order valence-electron chi connectivity index (χ1n) is 6.03. The van der Waals surface area contributed by atoms with Crippen molar-refractivity contribution in [2.24, 2.45) is 5.73 Å². The minimum absolute atomic E-state index is 0.185. The number of hydrogen-bond donors (Lipinski definition) is 2. The molecule has 92 valence electrons. The smallest absolute Gasteiger partial charge is 0.227 e. The first-order valence-corrected chi connectivity index (χ1v) is 6.03. The summed E-state index contributed by atoms with van der Waals surface area (Å²) in [6.45, 7) is 1.97. The molecular weight excluding hydrogens is 214 g/mol. The summed E-state index contributed by atoms with van der Waals surface area (Å²) >= 11 is 0. The fraction of sp³-hybridized carbons (Fsp3) is 0.462. The molecule has 0 radical (unpaired) electrons. The van der Waals surface area contributed by atoms with E-state index in [1.54, 1.807) is 0 Å². The zero-order valence-corrected chi connectivity index (χ0v) is 10.2. The highest BCUT2D eigenvalue weighted by Gasteiger charge is 2.23. The number of amides is 1. The number of nitrogens with one attached hydrogen (secondary N) is 1. The Hall–Kier alpha value is -1.39. The van der Waals surface area contributed by atoms with Crippen molar-refractivity contribution in [2.75, 3.05) is 25.0 Å². The van der Waals surface area contributed by atoms with Gasteiger partial charge in [0.2, 0.25) is 5.91 Å². The molecule has 0 saturated carbocycles. The zero-order chi connectivity index (χ0) is 12.3. The highest BCUT2D eigenvalue weighted by atomic mass is 16.2. The van der Waals surface area contributed by atoms with Crippen molar-refractivity contribution in [3.05, 3.63) is 29.3 Å². The average Bonchev–Trinajstić information content (AvgIpc) is 2.33. The van der Waals surface area contributed by atoms with E-state index in [0.717, 1.165) is 18.7 Å². The Bertz CT molecular complexity index is 417. The van der Waals surface area contributed by atoms with Crippen LogP contribution < -0.4 is 16.0 Å². The monoisotopic (exact) mass is 233 g/mol. The molecule has 1 heterocycles. The van der Waals surface area contributed by atoms with Crippen LogP contribution in [0.2, 0.25) is 0 Å². The molecule has 0 fully saturated rings. The van der Waals surface area contributed by atoms with E-state index in [2.05, 4.69) is 17.4 Å². The third-order valence-corrected chi connectivity index (χ3v) is 3.08. The van der Waals surface area contributed by atoms with Crippen LogP contribution in [0.5, 0.6) is 0 Å². The van der Waals surface area contributed by atoms with Crippen LogP contribution in [0.4, 0.5) is 5.69 Å². The first-order chi connectivity index (χ1) is 8.26. The van der Waals surface area contributed by atoms with Gasteiger partial charge in [0.05, 0.1) is 0 Å². The van der Waals surface area contributed by atoms with Gasteiger partial charge in [-0.1, -0.05) is 12.1 Å². The molecule has 3 N–H and O–H groups in total. The number of nitrogens with two attached hydrogens (primary N) is 1. The average molecular weight is 233 g/mol. The van der Waals surface area contributed by atoms with Gasteiger partial charge in [0.1, 0.15) is 0 Å². The van der Waals surface area contributed by atoms with Crippen molar-refractivity contribution < 1.29 is 4.79 Å². The summed E-state index contributed by atoms with van der Waals surface area (Å²) in [7, 11) is 1.93. The summed E-state index contributed by atoms with van der Waals surface area (Å²) in [6.07, 6.45) is 1.43. The fourth-order valence-electron chi connectivity index (χ4n) is 2.30. The summed E-state index contributed by atoms with van der Waals surface area (Å²) in [4.78, 5) is 13.6. The summed E-state index contributed by atoms with van der Waals surface area (Å²) in [6, 6.07) is 6.29. The molecule has 0 atom stereocenters. The Morgan fingerprint density at radius 3 is 2.94 bits per heavy atom. The molecule has 0 bridgehead atoms. The van der Waals surface area contributed by atoms with Gasteiger partial charge < -0.3 is 16.0 Å². The Morgan fingerprint density at radius 2 is 2.24 bits per heavy atom. The fourth-order valence-corrected chi connectivity index (χ4v) is 2.30. The molecule has 2 rings (SSSR count). The minimum Gasteiger partial charge on any atom is -0.329 e. The number of fused-ring (bicyclic) bond motifs is 1. The van der Waals surface area contributed by atoms with Gasteiger partial charge in [0.25, 0.3) is 0 Å². The number of benzene rings is 1. The van der Waals surface area contributed by atoms with Gasteiger partial charge in [-0.3, -0.25) is 4.79 Å². The quantitative estimate of drug-likeness (QED) is 0.802. The van der Waals surface area contributed by atoms with Crippen LogP contribution >= 0.6 is 0 Å². The minimum atomic E-state index is 0.185. The van der Waals surface area contributed by atoms with Crippen LogP contribution in [0.15, 0.2) is 18.2 Å². The van der Waals surface area contributed by atoms with Gasteiger partial charge in [-0.25, -0.2) is 0 Å². The lowest BCUT2D eigenvalue weighted by molar-refractivity contribution is -0.118. The topological polar surface area (TPSA) is 58.4 Å². The van der Waals surface area contributed by atoms with E-state index in [1.807, 2.05) is 18.0 Å². The lowest BCUT2D eigenvalue weighted by Gasteiger charge is -2.29. The Balaban J connectivity index is 2.30. The molecule has 0 aliphatic carbocycles. The molecule has 1 aliphatic rings. The van der Waals surface area contributed by atoms with Crippen molar-refractivity contribution in [2.45, 2.75) is 19.4 Å². The van der Waals surface area contributed by atoms with E-state index in [1.165, 1.54) is 11.1 Å². The van der Waals surface area contributed by atoms with Crippen LogP contribution in [0.1, 0.15) is 17.5 Å². The number of rotatable bonds is 4. The maximum absolute atomic E-state index is 11.8. The Kier molecular flexibility index (Phi) is 3.76. The molecule has 17 heavy (non-hydrogen) atoms. The van der Waals surface area contributed by atoms with Gasteiger partial charge in [-0.2, -0.15) is 0 Å². The predicted molar refractivity (Wildman–Crippen MR) is 68.9 cm³/mol. The van der Waals surface area contributed by atoms with Crippen molar-refractivity contribution in [1.29, 1.82) is 0 Å². The molecule has 4 nitrogen and oxygen atoms in total. The molecule has 1 aromatic carbocycles. The molecule has 1 aliphatic heterocycles. The third-order valence-electron chi connectivity index (χ3n) is 3.08. The molecular formula is C13H19N3O. The van der Waals surface area contributed by atoms with E-state index in [4.69, 9.17) is 5.73 Å². The predicted octanol–water partition coefficient (Wildman–Crippen LogP) is 0.644. The highest BCUT2D eigenvalue weighted by Crippen LogP contribution is 2.28. The normalized spacial score (nSPS) is 14.9. The second-order valence-corrected chi connectivity index (χ2v) is 4.33. The number of nitrogens with zero attached hydrogens (tertiary/aromatic N) is 1. The van der Waals surface area contributed by atoms with Crippen LogP contribution in [-0.2, 0) is 17.8 Å². The number of carbonyl (C=O) groups is 1. The number of carbonyl (C=O) groups excluding carboxylic acids is 1. The summed E-state index contributed by atoms with van der Waals surface area (Å²) < 4.78 is 0. The van der Waals surface area contributed by atoms with Crippen LogP contribution in [0.3, 0.4) is 0 Å². The lowest BCUT2D eigenvalue weighted by Crippen LogP contribution is -2.38. The number of hydrogen-bond acceptors (Lipinski definition) is 3. The Labute approximate surface area is 102 Å². The summed E-state index contributed by atoms with van der Waals surface area (Å²) in [5, 5.41) is 3.14. The third kappa shape index (κ3) is 2.48. The van der Waals surface area contributed by atoms with Crippen molar-refractivity contribution >= 4 is 11.6 Å². The van der Waals surface area contributed by atoms with Gasteiger partial charge in [0.15, 0.2) is 0 Å².